The van der Waals surface area contributed by atoms with Crippen LogP contribution in [0.1, 0.15) is 28.4 Å². The summed E-state index contributed by atoms with van der Waals surface area (Å²) in [4.78, 5) is 24.6. The SMILES string of the molecule is CCn1c(OCc2cccc(OC)c2)cc(=O)c(C(=O)O)c1-c1ccc(C#N)c(Cl)c1. The number of methoxy groups -OCH3 is 1. The van der Waals surface area contributed by atoms with Gasteiger partial charge in [0.2, 0.25) is 5.43 Å². The number of carboxylic acid groups (broad SMARTS) is 1. The number of pyridine rings is 1. The maximum absolute atomic E-state index is 12.7. The average Bonchev–Trinajstić information content (AvgIpc) is 2.76. The molecule has 0 bridgehead atoms. The van der Waals surface area contributed by atoms with Gasteiger partial charge in [-0.15, -0.1) is 0 Å². The van der Waals surface area contributed by atoms with Crippen molar-refractivity contribution in [3.8, 4) is 29.0 Å². The molecule has 0 fully saturated rings. The minimum absolute atomic E-state index is 0.149. The standard InChI is InChI=1S/C23H19ClN2O5/c1-3-26-20(31-13-14-5-4-6-17(9-14)30-2)11-19(27)21(23(28)29)22(26)15-7-8-16(12-25)18(24)10-15/h4-11H,3,13H2,1-2H3,(H,28,29). The van der Waals surface area contributed by atoms with E-state index in [9.17, 15) is 14.7 Å². The molecule has 0 radical (unpaired) electrons. The molecule has 3 aromatic rings. The van der Waals surface area contributed by atoms with Gasteiger partial charge in [-0.25, -0.2) is 4.79 Å². The van der Waals surface area contributed by atoms with Crippen molar-refractivity contribution in [2.24, 2.45) is 0 Å². The van der Waals surface area contributed by atoms with E-state index in [1.54, 1.807) is 29.9 Å². The Bertz CT molecular complexity index is 1240. The molecule has 158 valence electrons. The van der Waals surface area contributed by atoms with E-state index in [2.05, 4.69) is 0 Å². The van der Waals surface area contributed by atoms with Gasteiger partial charge in [0.25, 0.3) is 0 Å². The molecule has 3 rings (SSSR count). The van der Waals surface area contributed by atoms with E-state index in [4.69, 9.17) is 26.3 Å². The zero-order chi connectivity index (χ0) is 22.5. The van der Waals surface area contributed by atoms with Gasteiger partial charge in [-0.3, -0.25) is 4.79 Å². The lowest BCUT2D eigenvalue weighted by atomic mass is 10.0. The number of halogens is 1. The van der Waals surface area contributed by atoms with Gasteiger partial charge < -0.3 is 19.1 Å². The molecule has 1 aromatic heterocycles. The van der Waals surface area contributed by atoms with Crippen LogP contribution in [0.5, 0.6) is 11.6 Å². The minimum atomic E-state index is -1.36. The lowest BCUT2D eigenvalue weighted by molar-refractivity contribution is 0.0695. The monoisotopic (exact) mass is 438 g/mol. The molecule has 7 nitrogen and oxygen atoms in total. The predicted molar refractivity (Wildman–Crippen MR) is 116 cm³/mol. The molecule has 8 heteroatoms. The fraction of sp³-hybridized carbons (Fsp3) is 0.174. The van der Waals surface area contributed by atoms with Gasteiger partial charge in [-0.05, 0) is 36.8 Å². The molecular weight excluding hydrogens is 420 g/mol. The third-order valence-electron chi connectivity index (χ3n) is 4.69. The Morgan fingerprint density at radius 2 is 2.00 bits per heavy atom. The third-order valence-corrected chi connectivity index (χ3v) is 5.00. The van der Waals surface area contributed by atoms with Crippen molar-refractivity contribution in [3.63, 3.8) is 0 Å². The zero-order valence-electron chi connectivity index (χ0n) is 16.9. The first-order valence-corrected chi connectivity index (χ1v) is 9.74. The van der Waals surface area contributed by atoms with Crippen LogP contribution in [0, 0.1) is 11.3 Å². The topological polar surface area (TPSA) is 102 Å². The fourth-order valence-electron chi connectivity index (χ4n) is 3.24. The number of carboxylic acids is 1. The quantitative estimate of drug-likeness (QED) is 0.588. The second-order valence-corrected chi connectivity index (χ2v) is 6.97. The number of aromatic nitrogens is 1. The van der Waals surface area contributed by atoms with E-state index < -0.39 is 17.0 Å². The molecule has 0 atom stereocenters. The van der Waals surface area contributed by atoms with Gasteiger partial charge in [0.1, 0.15) is 24.0 Å². The van der Waals surface area contributed by atoms with E-state index in [1.165, 1.54) is 18.2 Å². The van der Waals surface area contributed by atoms with Gasteiger partial charge in [0.15, 0.2) is 5.88 Å². The first-order chi connectivity index (χ1) is 14.9. The summed E-state index contributed by atoms with van der Waals surface area (Å²) < 4.78 is 12.7. The van der Waals surface area contributed by atoms with E-state index in [0.717, 1.165) is 5.56 Å². The Morgan fingerprint density at radius 3 is 2.61 bits per heavy atom. The summed E-state index contributed by atoms with van der Waals surface area (Å²) >= 11 is 6.16. The summed E-state index contributed by atoms with van der Waals surface area (Å²) in [5.41, 5.74) is 0.546. The smallest absolute Gasteiger partial charge is 0.341 e. The van der Waals surface area contributed by atoms with Crippen molar-refractivity contribution in [1.29, 1.82) is 5.26 Å². The van der Waals surface area contributed by atoms with Crippen LogP contribution < -0.4 is 14.9 Å². The number of carbonyl (C=O) groups is 1. The average molecular weight is 439 g/mol. The molecule has 31 heavy (non-hydrogen) atoms. The van der Waals surface area contributed by atoms with Crippen LogP contribution in [0.25, 0.3) is 11.3 Å². The van der Waals surface area contributed by atoms with Crippen LogP contribution in [0.4, 0.5) is 0 Å². The van der Waals surface area contributed by atoms with E-state index in [1.807, 2.05) is 25.1 Å². The Morgan fingerprint density at radius 1 is 1.23 bits per heavy atom. The molecule has 0 aliphatic rings. The summed E-state index contributed by atoms with van der Waals surface area (Å²) in [7, 11) is 1.56. The van der Waals surface area contributed by atoms with Crippen LogP contribution in [-0.2, 0) is 13.2 Å². The lowest BCUT2D eigenvalue weighted by Crippen LogP contribution is -2.22. The highest BCUT2D eigenvalue weighted by atomic mass is 35.5. The summed E-state index contributed by atoms with van der Waals surface area (Å²) in [5, 5.41) is 19.0. The van der Waals surface area contributed by atoms with Crippen molar-refractivity contribution in [2.75, 3.05) is 7.11 Å². The predicted octanol–water partition coefficient (Wildman–Crippen LogP) is 4.35. The first-order valence-electron chi connectivity index (χ1n) is 9.36. The largest absolute Gasteiger partial charge is 0.497 e. The summed E-state index contributed by atoms with van der Waals surface area (Å²) in [5.74, 6) is -0.471. The van der Waals surface area contributed by atoms with Crippen molar-refractivity contribution >= 4 is 17.6 Å². The van der Waals surface area contributed by atoms with E-state index in [0.29, 0.717) is 17.9 Å². The number of benzene rings is 2. The Hall–Kier alpha value is -3.76. The molecule has 2 aromatic carbocycles. The highest BCUT2D eigenvalue weighted by Gasteiger charge is 2.23. The zero-order valence-corrected chi connectivity index (χ0v) is 17.6. The van der Waals surface area contributed by atoms with E-state index in [-0.39, 0.29) is 28.8 Å². The third kappa shape index (κ3) is 4.55. The molecule has 0 aliphatic heterocycles. The highest BCUT2D eigenvalue weighted by molar-refractivity contribution is 6.32. The second-order valence-electron chi connectivity index (χ2n) is 6.57. The lowest BCUT2D eigenvalue weighted by Gasteiger charge is -2.20. The van der Waals surface area contributed by atoms with Crippen molar-refractivity contribution in [3.05, 3.63) is 80.5 Å². The molecule has 0 saturated heterocycles. The molecule has 1 N–H and O–H groups in total. The first kappa shape index (κ1) is 21.9. The molecule has 0 unspecified atom stereocenters. The molecular formula is C23H19ClN2O5. The normalized spacial score (nSPS) is 10.4. The molecule has 0 spiro atoms. The Labute approximate surface area is 183 Å². The van der Waals surface area contributed by atoms with Gasteiger partial charge >= 0.3 is 5.97 Å². The number of aromatic carboxylic acids is 1. The number of nitrogens with zero attached hydrogens (tertiary/aromatic N) is 2. The minimum Gasteiger partial charge on any atom is -0.497 e. The van der Waals surface area contributed by atoms with Gasteiger partial charge in [0, 0.05) is 18.2 Å². The van der Waals surface area contributed by atoms with Crippen molar-refractivity contribution in [1.82, 2.24) is 4.57 Å². The molecule has 0 amide bonds. The van der Waals surface area contributed by atoms with Gasteiger partial charge in [0.05, 0.1) is 23.4 Å². The summed E-state index contributed by atoms with van der Waals surface area (Å²) in [6.07, 6.45) is 0. The maximum atomic E-state index is 12.7. The fourth-order valence-corrected chi connectivity index (χ4v) is 3.46. The summed E-state index contributed by atoms with van der Waals surface area (Å²) in [6, 6.07) is 14.9. The molecule has 0 aliphatic carbocycles. The summed E-state index contributed by atoms with van der Waals surface area (Å²) in [6.45, 7) is 2.29. The molecule has 0 saturated carbocycles. The number of ether oxygens (including phenoxy) is 2. The molecule has 1 heterocycles. The van der Waals surface area contributed by atoms with Crippen LogP contribution in [-0.4, -0.2) is 22.8 Å². The van der Waals surface area contributed by atoms with Crippen molar-refractivity contribution < 1.29 is 19.4 Å². The van der Waals surface area contributed by atoms with Crippen LogP contribution in [0.15, 0.2) is 53.3 Å². The van der Waals surface area contributed by atoms with Crippen LogP contribution in [0.2, 0.25) is 5.02 Å². The van der Waals surface area contributed by atoms with Gasteiger partial charge in [-0.1, -0.05) is 29.8 Å². The van der Waals surface area contributed by atoms with Crippen LogP contribution in [0.3, 0.4) is 0 Å². The highest BCUT2D eigenvalue weighted by Crippen LogP contribution is 2.30. The number of hydrogen-bond donors (Lipinski definition) is 1. The second kappa shape index (κ2) is 9.37. The van der Waals surface area contributed by atoms with Gasteiger partial charge in [-0.2, -0.15) is 5.26 Å². The number of hydrogen-bond acceptors (Lipinski definition) is 5. The maximum Gasteiger partial charge on any atom is 0.341 e. The Balaban J connectivity index is 2.13. The van der Waals surface area contributed by atoms with Crippen molar-refractivity contribution in [2.45, 2.75) is 20.1 Å². The Kier molecular flexibility index (Phi) is 6.63. The van der Waals surface area contributed by atoms with E-state index >= 15 is 0 Å². The number of rotatable bonds is 7. The number of nitriles is 1. The van der Waals surface area contributed by atoms with Crippen LogP contribution >= 0.6 is 11.6 Å².